The molecule has 0 bridgehead atoms. The molecule has 4 aliphatic carbocycles. The van der Waals surface area contributed by atoms with Gasteiger partial charge in [-0.05, 0) is 79.6 Å². The summed E-state index contributed by atoms with van der Waals surface area (Å²) in [6.45, 7) is 2.98. The van der Waals surface area contributed by atoms with Crippen LogP contribution in [0.15, 0.2) is 51.8 Å². The average molecular weight is 391 g/mol. The molecule has 0 radical (unpaired) electrons. The number of allylic oxidation sites excluding steroid dienone is 5. The Hall–Kier alpha value is -1.77. The van der Waals surface area contributed by atoms with Crippen LogP contribution < -0.4 is 0 Å². The van der Waals surface area contributed by atoms with Crippen molar-refractivity contribution in [3.8, 4) is 0 Å². The zero-order chi connectivity index (χ0) is 19.2. The maximum atomic E-state index is 6.16. The molecule has 2 heterocycles. The third-order valence-electron chi connectivity index (χ3n) is 8.13. The van der Waals surface area contributed by atoms with Crippen LogP contribution in [0.3, 0.4) is 0 Å². The molecular weight excluding hydrogens is 356 g/mol. The van der Waals surface area contributed by atoms with E-state index in [0.717, 1.165) is 43.9 Å². The van der Waals surface area contributed by atoms with E-state index in [1.54, 1.807) is 11.1 Å². The van der Waals surface area contributed by atoms with E-state index in [1.807, 2.05) is 0 Å². The predicted octanol–water partition coefficient (Wildman–Crippen LogP) is 5.57. The van der Waals surface area contributed by atoms with Crippen molar-refractivity contribution < 1.29 is 4.74 Å². The van der Waals surface area contributed by atoms with Gasteiger partial charge in [-0.25, -0.2) is 0 Å². The van der Waals surface area contributed by atoms with Gasteiger partial charge in [0.1, 0.15) is 11.6 Å². The molecule has 2 fully saturated rings. The summed E-state index contributed by atoms with van der Waals surface area (Å²) >= 11 is 0. The third-order valence-corrected chi connectivity index (χ3v) is 8.13. The summed E-state index contributed by atoms with van der Waals surface area (Å²) in [5.41, 5.74) is 4.70. The van der Waals surface area contributed by atoms with Crippen molar-refractivity contribution in [1.29, 1.82) is 0 Å². The van der Waals surface area contributed by atoms with Crippen LogP contribution in [0.4, 0.5) is 0 Å². The highest BCUT2D eigenvalue weighted by atomic mass is 16.5. The summed E-state index contributed by atoms with van der Waals surface area (Å²) in [7, 11) is 0. The summed E-state index contributed by atoms with van der Waals surface area (Å²) in [5, 5.41) is 0. The fourth-order valence-electron chi connectivity index (χ4n) is 6.54. The van der Waals surface area contributed by atoms with E-state index in [9.17, 15) is 0 Å². The lowest BCUT2D eigenvalue weighted by molar-refractivity contribution is 0.184. The second kappa shape index (κ2) is 7.49. The van der Waals surface area contributed by atoms with E-state index < -0.39 is 0 Å². The Kier molecular flexibility index (Phi) is 4.66. The van der Waals surface area contributed by atoms with E-state index >= 15 is 0 Å². The number of aliphatic imine (C=N–C) groups is 1. The lowest BCUT2D eigenvalue weighted by Gasteiger charge is -2.41. The van der Waals surface area contributed by atoms with Gasteiger partial charge < -0.3 is 9.64 Å². The van der Waals surface area contributed by atoms with Gasteiger partial charge in [-0.3, -0.25) is 4.99 Å². The monoisotopic (exact) mass is 390 g/mol. The molecule has 0 saturated heterocycles. The number of nitrogens with zero attached hydrogens (tertiary/aromatic N) is 2. The number of fused-ring (bicyclic) bond motifs is 2. The molecular formula is C26H34N2O. The van der Waals surface area contributed by atoms with Crippen LogP contribution in [-0.2, 0) is 4.74 Å². The molecule has 3 atom stereocenters. The molecule has 0 aromatic carbocycles. The molecule has 0 N–H and O–H groups in total. The Morgan fingerprint density at radius 2 is 2.03 bits per heavy atom. The van der Waals surface area contributed by atoms with Gasteiger partial charge >= 0.3 is 0 Å². The molecule has 6 aliphatic rings. The van der Waals surface area contributed by atoms with Crippen molar-refractivity contribution in [2.45, 2.75) is 70.3 Å². The Balaban J connectivity index is 1.31. The number of rotatable bonds is 4. The molecule has 0 aromatic heterocycles. The minimum atomic E-state index is 0.554. The zero-order valence-electron chi connectivity index (χ0n) is 17.6. The average Bonchev–Trinajstić information content (AvgIpc) is 3.44. The zero-order valence-corrected chi connectivity index (χ0v) is 17.6. The number of hydrogen-bond donors (Lipinski definition) is 0. The Bertz CT molecular complexity index is 824. The van der Waals surface area contributed by atoms with Gasteiger partial charge in [0.25, 0.3) is 0 Å². The molecule has 6 rings (SSSR count). The van der Waals surface area contributed by atoms with Gasteiger partial charge in [-0.1, -0.05) is 37.5 Å². The van der Waals surface area contributed by atoms with Crippen molar-refractivity contribution in [2.75, 3.05) is 19.7 Å². The first kappa shape index (κ1) is 18.0. The summed E-state index contributed by atoms with van der Waals surface area (Å²) in [4.78, 5) is 7.78. The second-order valence-corrected chi connectivity index (χ2v) is 9.92. The molecule has 2 saturated carbocycles. The second-order valence-electron chi connectivity index (χ2n) is 9.92. The Morgan fingerprint density at radius 3 is 2.90 bits per heavy atom. The van der Waals surface area contributed by atoms with Crippen molar-refractivity contribution in [1.82, 2.24) is 4.90 Å². The summed E-state index contributed by atoms with van der Waals surface area (Å²) in [6.07, 6.45) is 22.5. The van der Waals surface area contributed by atoms with Crippen LogP contribution in [0, 0.1) is 17.8 Å². The van der Waals surface area contributed by atoms with Crippen molar-refractivity contribution in [3.63, 3.8) is 0 Å². The van der Waals surface area contributed by atoms with Crippen LogP contribution in [0.5, 0.6) is 0 Å². The molecule has 3 nitrogen and oxygen atoms in total. The normalized spacial score (nSPS) is 32.7. The van der Waals surface area contributed by atoms with Gasteiger partial charge in [0.2, 0.25) is 0 Å². The summed E-state index contributed by atoms with van der Waals surface area (Å²) in [5.74, 6) is 4.96. The number of hydrogen-bond acceptors (Lipinski definition) is 3. The fourth-order valence-corrected chi connectivity index (χ4v) is 6.54. The topological polar surface area (TPSA) is 24.8 Å². The summed E-state index contributed by atoms with van der Waals surface area (Å²) < 4.78 is 6.16. The van der Waals surface area contributed by atoms with Gasteiger partial charge in [-0.15, -0.1) is 0 Å². The van der Waals surface area contributed by atoms with E-state index in [-0.39, 0.29) is 0 Å². The van der Waals surface area contributed by atoms with E-state index in [4.69, 9.17) is 9.73 Å². The first-order valence-electron chi connectivity index (χ1n) is 12.1. The van der Waals surface area contributed by atoms with Crippen molar-refractivity contribution in [2.24, 2.45) is 22.7 Å². The van der Waals surface area contributed by atoms with Crippen LogP contribution >= 0.6 is 0 Å². The predicted molar refractivity (Wildman–Crippen MR) is 118 cm³/mol. The smallest absolute Gasteiger partial charge is 0.127 e. The first-order chi connectivity index (χ1) is 14.4. The maximum absolute atomic E-state index is 6.16. The SMILES string of the molecule is C1=CCCC(C(C2CCCCC2)N2CCN=C2C2=CC3=C(CC2)C2CC2CO3)=C1. The molecule has 0 aromatic rings. The first-order valence-corrected chi connectivity index (χ1v) is 12.1. The highest BCUT2D eigenvalue weighted by molar-refractivity contribution is 6.00. The molecule has 29 heavy (non-hydrogen) atoms. The van der Waals surface area contributed by atoms with E-state index in [2.05, 4.69) is 29.2 Å². The van der Waals surface area contributed by atoms with Crippen LogP contribution in [-0.4, -0.2) is 36.5 Å². The van der Waals surface area contributed by atoms with Gasteiger partial charge in [0, 0.05) is 12.5 Å². The molecule has 0 amide bonds. The minimum Gasteiger partial charge on any atom is -0.493 e. The van der Waals surface area contributed by atoms with Crippen LogP contribution in [0.1, 0.15) is 64.2 Å². The van der Waals surface area contributed by atoms with Gasteiger partial charge in [0.15, 0.2) is 0 Å². The Morgan fingerprint density at radius 1 is 1.10 bits per heavy atom. The largest absolute Gasteiger partial charge is 0.493 e. The Labute approximate surface area is 175 Å². The molecule has 3 heteroatoms. The van der Waals surface area contributed by atoms with Crippen molar-refractivity contribution in [3.05, 3.63) is 46.8 Å². The third kappa shape index (κ3) is 3.31. The number of amidine groups is 1. The quantitative estimate of drug-likeness (QED) is 0.627. The number of ether oxygens (including phenoxy) is 1. The highest BCUT2D eigenvalue weighted by Crippen LogP contribution is 2.52. The van der Waals surface area contributed by atoms with Gasteiger partial charge in [-0.2, -0.15) is 0 Å². The van der Waals surface area contributed by atoms with Crippen LogP contribution in [0.2, 0.25) is 0 Å². The standard InChI is InChI=1S/C26H34N2O/c1-3-7-18(8-4-1)25(19-9-5-2-6-10-19)28-14-13-27-26(28)20-11-12-22-23-15-21(23)17-29-24(22)16-20/h1,3,7,16,19,21,23,25H,2,4-6,8-15,17H2. The lowest BCUT2D eigenvalue weighted by atomic mass is 9.78. The van der Waals surface area contributed by atoms with E-state index in [1.165, 1.54) is 75.0 Å². The van der Waals surface area contributed by atoms with E-state index in [0.29, 0.717) is 6.04 Å². The minimum absolute atomic E-state index is 0.554. The molecule has 3 unspecified atom stereocenters. The van der Waals surface area contributed by atoms with Crippen LogP contribution in [0.25, 0.3) is 0 Å². The van der Waals surface area contributed by atoms with Gasteiger partial charge in [0.05, 0.1) is 19.2 Å². The summed E-state index contributed by atoms with van der Waals surface area (Å²) in [6, 6.07) is 0.554. The van der Waals surface area contributed by atoms with Crippen molar-refractivity contribution >= 4 is 5.84 Å². The fraction of sp³-hybridized carbons (Fsp3) is 0.654. The molecule has 0 spiro atoms. The lowest BCUT2D eigenvalue weighted by Crippen LogP contribution is -2.45. The molecule has 2 aliphatic heterocycles. The molecule has 154 valence electrons. The maximum Gasteiger partial charge on any atom is 0.127 e. The highest BCUT2D eigenvalue weighted by Gasteiger charge is 2.46.